The number of H-pyrrole nitrogens is 1. The molecule has 0 aliphatic rings. The van der Waals surface area contributed by atoms with Gasteiger partial charge in [-0.3, -0.25) is 19.7 Å². The molecule has 2 N–H and O–H groups in total. The minimum atomic E-state index is -0.270. The smallest absolute Gasteiger partial charge is 0.276 e. The van der Waals surface area contributed by atoms with Gasteiger partial charge in [0.2, 0.25) is 5.91 Å². The minimum Gasteiger partial charge on any atom is -0.324 e. The van der Waals surface area contributed by atoms with Gasteiger partial charge < -0.3 is 5.32 Å². The maximum atomic E-state index is 12.6. The molecule has 0 aliphatic carbocycles. The number of rotatable bonds is 3. The van der Waals surface area contributed by atoms with Crippen LogP contribution >= 0.6 is 0 Å². The molecule has 0 fully saturated rings. The van der Waals surface area contributed by atoms with E-state index < -0.39 is 0 Å². The van der Waals surface area contributed by atoms with E-state index in [1.807, 2.05) is 43.3 Å². The zero-order chi connectivity index (χ0) is 17.4. The molecule has 0 saturated heterocycles. The van der Waals surface area contributed by atoms with Crippen LogP contribution in [-0.4, -0.2) is 20.7 Å². The highest BCUT2D eigenvalue weighted by atomic mass is 16.2. The van der Waals surface area contributed by atoms with Crippen LogP contribution < -0.4 is 10.9 Å². The number of hydrogen-bond donors (Lipinski definition) is 2. The summed E-state index contributed by atoms with van der Waals surface area (Å²) >= 11 is 0. The highest BCUT2D eigenvalue weighted by Gasteiger charge is 2.13. The Labute approximate surface area is 143 Å². The van der Waals surface area contributed by atoms with Crippen molar-refractivity contribution in [3.63, 3.8) is 0 Å². The van der Waals surface area contributed by atoms with Gasteiger partial charge in [0.05, 0.1) is 16.4 Å². The molecule has 2 heterocycles. The first kappa shape index (κ1) is 15.1. The Morgan fingerprint density at radius 1 is 1.16 bits per heavy atom. The Hall–Kier alpha value is -3.41. The number of carbonyl (C=O) groups is 1. The summed E-state index contributed by atoms with van der Waals surface area (Å²) in [5.74, 6) is -0.270. The van der Waals surface area contributed by atoms with Crippen molar-refractivity contribution in [2.24, 2.45) is 0 Å². The maximum absolute atomic E-state index is 12.6. The van der Waals surface area contributed by atoms with Crippen molar-refractivity contribution in [3.05, 3.63) is 70.6 Å². The zero-order valence-electron chi connectivity index (χ0n) is 13.6. The number of para-hydroxylation sites is 1. The standard InChI is InChI=1S/C19H16N4O2/c1-12-7-8-16-14(9-12)18-15(10-20-16)19(25)23(22-18)11-17(24)21-13-5-3-2-4-6-13/h2-10,22H,11H2,1H3,(H,21,24). The molecule has 0 aliphatic heterocycles. The SMILES string of the molecule is Cc1ccc2ncc3c(=O)n(CC(=O)Nc4ccccc4)[nH]c3c2c1. The second-order valence-corrected chi connectivity index (χ2v) is 5.98. The number of nitrogens with one attached hydrogen (secondary N) is 2. The zero-order valence-corrected chi connectivity index (χ0v) is 13.6. The van der Waals surface area contributed by atoms with Gasteiger partial charge in [0.1, 0.15) is 6.54 Å². The summed E-state index contributed by atoms with van der Waals surface area (Å²) in [6.45, 7) is 1.90. The lowest BCUT2D eigenvalue weighted by atomic mass is 10.1. The van der Waals surface area contributed by atoms with Crippen molar-refractivity contribution < 1.29 is 4.79 Å². The molecular formula is C19H16N4O2. The number of carbonyl (C=O) groups excluding carboxylic acids is 1. The molecule has 0 saturated carbocycles. The van der Waals surface area contributed by atoms with Crippen LogP contribution in [0.3, 0.4) is 0 Å². The molecule has 2 aromatic heterocycles. The Morgan fingerprint density at radius 3 is 2.76 bits per heavy atom. The molecule has 0 atom stereocenters. The van der Waals surface area contributed by atoms with Gasteiger partial charge >= 0.3 is 0 Å². The second kappa shape index (κ2) is 5.90. The third kappa shape index (κ3) is 2.78. The molecule has 2 aromatic carbocycles. The molecule has 0 radical (unpaired) electrons. The lowest BCUT2D eigenvalue weighted by molar-refractivity contribution is -0.116. The first-order chi connectivity index (χ1) is 12.1. The molecule has 0 bridgehead atoms. The molecule has 25 heavy (non-hydrogen) atoms. The third-order valence-electron chi connectivity index (χ3n) is 4.11. The topological polar surface area (TPSA) is 79.8 Å². The number of fused-ring (bicyclic) bond motifs is 3. The van der Waals surface area contributed by atoms with Gasteiger partial charge in [0, 0.05) is 17.3 Å². The van der Waals surface area contributed by atoms with Crippen LogP contribution in [-0.2, 0) is 11.3 Å². The Kier molecular flexibility index (Phi) is 3.57. The van der Waals surface area contributed by atoms with Crippen LogP contribution in [0.1, 0.15) is 5.56 Å². The van der Waals surface area contributed by atoms with Crippen LogP contribution in [0.2, 0.25) is 0 Å². The van der Waals surface area contributed by atoms with Gasteiger partial charge in [-0.05, 0) is 31.2 Å². The van der Waals surface area contributed by atoms with E-state index in [1.54, 1.807) is 18.3 Å². The first-order valence-corrected chi connectivity index (χ1v) is 7.94. The Bertz CT molecular complexity index is 1140. The fourth-order valence-electron chi connectivity index (χ4n) is 2.90. The fourth-order valence-corrected chi connectivity index (χ4v) is 2.90. The van der Waals surface area contributed by atoms with Gasteiger partial charge in [0.25, 0.3) is 5.56 Å². The largest absolute Gasteiger partial charge is 0.324 e. The van der Waals surface area contributed by atoms with Crippen molar-refractivity contribution >= 4 is 33.4 Å². The molecular weight excluding hydrogens is 316 g/mol. The van der Waals surface area contributed by atoms with Crippen LogP contribution in [0.5, 0.6) is 0 Å². The highest BCUT2D eigenvalue weighted by molar-refractivity contribution is 6.03. The van der Waals surface area contributed by atoms with Gasteiger partial charge in [-0.15, -0.1) is 0 Å². The van der Waals surface area contributed by atoms with Gasteiger partial charge in [0.15, 0.2) is 0 Å². The summed E-state index contributed by atoms with van der Waals surface area (Å²) in [6.07, 6.45) is 1.55. The number of benzene rings is 2. The molecule has 6 nitrogen and oxygen atoms in total. The van der Waals surface area contributed by atoms with Crippen molar-refractivity contribution in [2.45, 2.75) is 13.5 Å². The number of amides is 1. The lowest BCUT2D eigenvalue weighted by Gasteiger charge is -2.05. The van der Waals surface area contributed by atoms with Crippen molar-refractivity contribution in [2.75, 3.05) is 5.32 Å². The van der Waals surface area contributed by atoms with E-state index in [-0.39, 0.29) is 18.0 Å². The van der Waals surface area contributed by atoms with Gasteiger partial charge in [-0.1, -0.05) is 29.8 Å². The molecule has 4 aromatic rings. The number of aromatic amines is 1. The number of nitrogens with zero attached hydrogens (tertiary/aromatic N) is 2. The van der Waals surface area contributed by atoms with E-state index in [4.69, 9.17) is 0 Å². The molecule has 4 rings (SSSR count). The number of aryl methyl sites for hydroxylation is 1. The van der Waals surface area contributed by atoms with Crippen LogP contribution in [0.15, 0.2) is 59.5 Å². The van der Waals surface area contributed by atoms with Crippen molar-refractivity contribution in [1.29, 1.82) is 0 Å². The second-order valence-electron chi connectivity index (χ2n) is 5.98. The first-order valence-electron chi connectivity index (χ1n) is 7.94. The van der Waals surface area contributed by atoms with E-state index in [0.717, 1.165) is 16.5 Å². The average Bonchev–Trinajstić information content (AvgIpc) is 2.92. The predicted octanol–water partition coefficient (Wildman–Crippen LogP) is 2.82. The van der Waals surface area contributed by atoms with Crippen molar-refractivity contribution in [1.82, 2.24) is 14.8 Å². The monoisotopic (exact) mass is 332 g/mol. The molecule has 124 valence electrons. The number of anilines is 1. The Morgan fingerprint density at radius 2 is 1.96 bits per heavy atom. The van der Waals surface area contributed by atoms with E-state index >= 15 is 0 Å². The van der Waals surface area contributed by atoms with E-state index in [2.05, 4.69) is 15.4 Å². The van der Waals surface area contributed by atoms with E-state index in [9.17, 15) is 9.59 Å². The summed E-state index contributed by atoms with van der Waals surface area (Å²) < 4.78 is 1.31. The number of pyridine rings is 1. The fraction of sp³-hybridized carbons (Fsp3) is 0.105. The number of hydrogen-bond acceptors (Lipinski definition) is 3. The maximum Gasteiger partial charge on any atom is 0.276 e. The van der Waals surface area contributed by atoms with E-state index in [1.165, 1.54) is 4.68 Å². The lowest BCUT2D eigenvalue weighted by Crippen LogP contribution is -2.26. The normalized spacial score (nSPS) is 11.1. The molecule has 0 unspecified atom stereocenters. The van der Waals surface area contributed by atoms with Crippen LogP contribution in [0, 0.1) is 6.92 Å². The van der Waals surface area contributed by atoms with Gasteiger partial charge in [-0.2, -0.15) is 0 Å². The van der Waals surface area contributed by atoms with Gasteiger partial charge in [-0.25, -0.2) is 4.68 Å². The van der Waals surface area contributed by atoms with Crippen molar-refractivity contribution in [3.8, 4) is 0 Å². The summed E-state index contributed by atoms with van der Waals surface area (Å²) in [5, 5.41) is 7.18. The summed E-state index contributed by atoms with van der Waals surface area (Å²) in [5.41, 5.74) is 3.03. The van der Waals surface area contributed by atoms with E-state index in [0.29, 0.717) is 16.6 Å². The quantitative estimate of drug-likeness (QED) is 0.605. The van der Waals surface area contributed by atoms with Crippen LogP contribution in [0.4, 0.5) is 5.69 Å². The Balaban J connectivity index is 1.71. The number of aromatic nitrogens is 3. The molecule has 0 spiro atoms. The summed E-state index contributed by atoms with van der Waals surface area (Å²) in [6, 6.07) is 15.0. The predicted molar refractivity (Wildman–Crippen MR) is 97.7 cm³/mol. The highest BCUT2D eigenvalue weighted by Crippen LogP contribution is 2.21. The minimum absolute atomic E-state index is 0.0876. The summed E-state index contributed by atoms with van der Waals surface area (Å²) in [4.78, 5) is 29.1. The third-order valence-corrected chi connectivity index (χ3v) is 4.11. The van der Waals surface area contributed by atoms with Crippen LogP contribution in [0.25, 0.3) is 21.8 Å². The summed E-state index contributed by atoms with van der Waals surface area (Å²) in [7, 11) is 0. The molecule has 6 heteroatoms. The molecule has 1 amide bonds. The average molecular weight is 332 g/mol.